The van der Waals surface area contributed by atoms with Crippen LogP contribution in [0.15, 0.2) is 30.6 Å². The van der Waals surface area contributed by atoms with E-state index in [2.05, 4.69) is 31.9 Å². The fourth-order valence-corrected chi connectivity index (χ4v) is 6.38. The van der Waals surface area contributed by atoms with Crippen molar-refractivity contribution >= 4 is 28.7 Å². The molecule has 3 aliphatic heterocycles. The van der Waals surface area contributed by atoms with Crippen LogP contribution in [-0.2, 0) is 0 Å². The molecule has 1 unspecified atom stereocenters. The van der Waals surface area contributed by atoms with E-state index in [1.54, 1.807) is 19.0 Å². The van der Waals surface area contributed by atoms with Crippen molar-refractivity contribution in [3.05, 3.63) is 41.9 Å². The molecule has 35 heavy (non-hydrogen) atoms. The van der Waals surface area contributed by atoms with Crippen molar-refractivity contribution in [2.75, 3.05) is 39.0 Å². The van der Waals surface area contributed by atoms with Gasteiger partial charge in [-0.2, -0.15) is 4.98 Å². The Hall–Kier alpha value is -3.00. The number of carbonyl (C=O) groups is 1. The van der Waals surface area contributed by atoms with E-state index in [4.69, 9.17) is 9.97 Å². The SMILES string of the molecule is CN(C)C(=O)c1cc2cnc(Nc3ccc(C4CCN5CCC4CC5)cn3)nc2n1C1CCCC1. The van der Waals surface area contributed by atoms with Crippen LogP contribution >= 0.6 is 0 Å². The molecular formula is C27H35N7O. The van der Waals surface area contributed by atoms with E-state index in [1.165, 1.54) is 57.3 Å². The van der Waals surface area contributed by atoms with E-state index in [0.29, 0.717) is 23.6 Å². The second-order valence-corrected chi connectivity index (χ2v) is 10.7. The molecule has 2 bridgehead atoms. The molecule has 1 aliphatic carbocycles. The molecule has 8 nitrogen and oxygen atoms in total. The van der Waals surface area contributed by atoms with Gasteiger partial charge in [0.2, 0.25) is 5.95 Å². The van der Waals surface area contributed by atoms with Crippen molar-refractivity contribution in [1.29, 1.82) is 0 Å². The van der Waals surface area contributed by atoms with Crippen LogP contribution in [0.25, 0.3) is 11.0 Å². The predicted octanol–water partition coefficient (Wildman–Crippen LogP) is 4.59. The molecule has 0 aromatic carbocycles. The predicted molar refractivity (Wildman–Crippen MR) is 137 cm³/mol. The van der Waals surface area contributed by atoms with E-state index < -0.39 is 0 Å². The lowest BCUT2D eigenvalue weighted by Crippen LogP contribution is -2.30. The molecule has 6 heterocycles. The average molecular weight is 474 g/mol. The number of aromatic nitrogens is 4. The normalized spacial score (nSPS) is 24.6. The van der Waals surface area contributed by atoms with E-state index in [1.807, 2.05) is 18.5 Å². The summed E-state index contributed by atoms with van der Waals surface area (Å²) < 4.78 is 2.14. The number of fused-ring (bicyclic) bond motifs is 5. The molecule has 0 spiro atoms. The van der Waals surface area contributed by atoms with E-state index in [0.717, 1.165) is 35.6 Å². The molecule has 1 atom stereocenters. The van der Waals surface area contributed by atoms with Crippen molar-refractivity contribution in [3.8, 4) is 0 Å². The maximum atomic E-state index is 12.9. The molecule has 0 radical (unpaired) electrons. The van der Waals surface area contributed by atoms with Gasteiger partial charge in [0.1, 0.15) is 17.2 Å². The fraction of sp³-hybridized carbons (Fsp3) is 0.556. The first-order chi connectivity index (χ1) is 17.1. The van der Waals surface area contributed by atoms with Crippen molar-refractivity contribution in [2.24, 2.45) is 5.92 Å². The Kier molecular flexibility index (Phi) is 5.92. The van der Waals surface area contributed by atoms with E-state index >= 15 is 0 Å². The number of anilines is 2. The molecule has 184 valence electrons. The van der Waals surface area contributed by atoms with Crippen LogP contribution < -0.4 is 5.32 Å². The van der Waals surface area contributed by atoms with Gasteiger partial charge < -0.3 is 19.7 Å². The molecule has 1 N–H and O–H groups in total. The Morgan fingerprint density at radius 2 is 1.77 bits per heavy atom. The third-order valence-corrected chi connectivity index (χ3v) is 8.30. The number of hydrogen-bond acceptors (Lipinski definition) is 6. The van der Waals surface area contributed by atoms with Crippen LogP contribution in [0, 0.1) is 5.92 Å². The number of piperidine rings is 1. The quantitative estimate of drug-likeness (QED) is 0.584. The zero-order valence-corrected chi connectivity index (χ0v) is 20.8. The van der Waals surface area contributed by atoms with Gasteiger partial charge in [0.25, 0.3) is 5.91 Å². The second kappa shape index (κ2) is 9.22. The molecule has 8 heteroatoms. The summed E-state index contributed by atoms with van der Waals surface area (Å²) in [6.07, 6.45) is 12.2. The van der Waals surface area contributed by atoms with Crippen LogP contribution in [0.4, 0.5) is 11.8 Å². The minimum atomic E-state index is 0.00515. The maximum absolute atomic E-state index is 12.9. The highest BCUT2D eigenvalue weighted by atomic mass is 16.2. The number of pyridine rings is 1. The summed E-state index contributed by atoms with van der Waals surface area (Å²) in [5, 5.41) is 4.20. The Balaban J connectivity index is 1.27. The third-order valence-electron chi connectivity index (χ3n) is 8.30. The van der Waals surface area contributed by atoms with Gasteiger partial charge in [-0.3, -0.25) is 4.79 Å². The summed E-state index contributed by atoms with van der Waals surface area (Å²) in [6, 6.07) is 6.51. The van der Waals surface area contributed by atoms with E-state index in [-0.39, 0.29) is 5.91 Å². The van der Waals surface area contributed by atoms with Gasteiger partial charge in [0.15, 0.2) is 0 Å². The van der Waals surface area contributed by atoms with Gasteiger partial charge in [0.05, 0.1) is 0 Å². The Morgan fingerprint density at radius 3 is 2.49 bits per heavy atom. The monoisotopic (exact) mass is 473 g/mol. The van der Waals surface area contributed by atoms with Crippen LogP contribution in [0.1, 0.15) is 73.0 Å². The van der Waals surface area contributed by atoms with Crippen molar-refractivity contribution in [3.63, 3.8) is 0 Å². The summed E-state index contributed by atoms with van der Waals surface area (Å²) in [5.74, 6) is 2.66. The molecule has 7 rings (SSSR count). The molecule has 3 aromatic heterocycles. The van der Waals surface area contributed by atoms with Gasteiger partial charge >= 0.3 is 0 Å². The summed E-state index contributed by atoms with van der Waals surface area (Å²) >= 11 is 0. The standard InChI is InChI=1S/C27H35N7O/c1-32(2)26(35)23-15-20-17-29-27(31-25(20)34(23)21-5-3-4-6-21)30-24-8-7-19(16-28-24)22-11-14-33-12-9-18(22)10-13-33/h7-8,15-18,21-22H,3-6,9-14H2,1-2H3,(H,28,29,30,31). The highest BCUT2D eigenvalue weighted by Gasteiger charge is 2.32. The number of amides is 1. The Bertz CT molecular complexity index is 1200. The number of nitrogens with one attached hydrogen (secondary N) is 1. The molecule has 1 amide bonds. The topological polar surface area (TPSA) is 79.2 Å². The summed E-state index contributed by atoms with van der Waals surface area (Å²) in [7, 11) is 3.59. The highest BCUT2D eigenvalue weighted by Crippen LogP contribution is 2.39. The smallest absolute Gasteiger partial charge is 0.270 e. The van der Waals surface area contributed by atoms with Crippen molar-refractivity contribution in [2.45, 2.75) is 56.9 Å². The van der Waals surface area contributed by atoms with Gasteiger partial charge in [0, 0.05) is 37.9 Å². The van der Waals surface area contributed by atoms with Crippen LogP contribution in [0.2, 0.25) is 0 Å². The van der Waals surface area contributed by atoms with Gasteiger partial charge in [-0.15, -0.1) is 0 Å². The second-order valence-electron chi connectivity index (χ2n) is 10.7. The molecule has 4 aliphatic rings. The first-order valence-electron chi connectivity index (χ1n) is 13.1. The van der Waals surface area contributed by atoms with Gasteiger partial charge in [-0.25, -0.2) is 9.97 Å². The van der Waals surface area contributed by atoms with Crippen LogP contribution in [-0.4, -0.2) is 69.0 Å². The molecule has 3 aromatic rings. The molecule has 1 saturated carbocycles. The first-order valence-corrected chi connectivity index (χ1v) is 13.1. The number of nitrogens with zero attached hydrogens (tertiary/aromatic N) is 6. The highest BCUT2D eigenvalue weighted by molar-refractivity contribution is 5.97. The Morgan fingerprint density at radius 1 is 1.00 bits per heavy atom. The first kappa shape index (κ1) is 22.5. The molecular weight excluding hydrogens is 438 g/mol. The van der Waals surface area contributed by atoms with Crippen molar-refractivity contribution < 1.29 is 4.79 Å². The van der Waals surface area contributed by atoms with E-state index in [9.17, 15) is 4.79 Å². The largest absolute Gasteiger partial charge is 0.343 e. The summed E-state index contributed by atoms with van der Waals surface area (Å²) in [6.45, 7) is 3.70. The Labute approximate surface area is 206 Å². The lowest BCUT2D eigenvalue weighted by atomic mass is 9.81. The third kappa shape index (κ3) is 4.29. The number of rotatable bonds is 5. The van der Waals surface area contributed by atoms with Crippen LogP contribution in [0.5, 0.6) is 0 Å². The molecule has 3 saturated heterocycles. The van der Waals surface area contributed by atoms with Crippen LogP contribution in [0.3, 0.4) is 0 Å². The van der Waals surface area contributed by atoms with Gasteiger partial charge in [-0.05, 0) is 81.3 Å². The van der Waals surface area contributed by atoms with Crippen molar-refractivity contribution in [1.82, 2.24) is 29.3 Å². The lowest BCUT2D eigenvalue weighted by molar-refractivity contribution is 0.0815. The maximum Gasteiger partial charge on any atom is 0.270 e. The summed E-state index contributed by atoms with van der Waals surface area (Å²) in [4.78, 5) is 31.3. The average Bonchev–Trinajstić information content (AvgIpc) is 3.42. The number of hydrogen-bond donors (Lipinski definition) is 1. The fourth-order valence-electron chi connectivity index (χ4n) is 6.38. The van der Waals surface area contributed by atoms with Gasteiger partial charge in [-0.1, -0.05) is 18.9 Å². The minimum Gasteiger partial charge on any atom is -0.343 e. The lowest BCUT2D eigenvalue weighted by Gasteiger charge is -2.29. The number of carbonyl (C=O) groups excluding carboxylic acids is 1. The minimum absolute atomic E-state index is 0.00515. The molecule has 4 fully saturated rings. The zero-order chi connectivity index (χ0) is 23.9. The summed E-state index contributed by atoms with van der Waals surface area (Å²) in [5.41, 5.74) is 2.86. The zero-order valence-electron chi connectivity index (χ0n) is 20.8.